The molecule has 1 aliphatic heterocycles. The van der Waals surface area contributed by atoms with Crippen LogP contribution in [0.3, 0.4) is 0 Å². The van der Waals surface area contributed by atoms with E-state index in [1.807, 2.05) is 26.8 Å². The van der Waals surface area contributed by atoms with Crippen LogP contribution in [0.4, 0.5) is 4.39 Å². The Morgan fingerprint density at radius 1 is 1.39 bits per heavy atom. The molecule has 1 aromatic carbocycles. The summed E-state index contributed by atoms with van der Waals surface area (Å²) in [5.41, 5.74) is 5.18. The summed E-state index contributed by atoms with van der Waals surface area (Å²) < 4.78 is 19.9. The third kappa shape index (κ3) is 2.55. The first kappa shape index (κ1) is 13.5. The van der Waals surface area contributed by atoms with Crippen molar-refractivity contribution in [1.29, 1.82) is 0 Å². The molecule has 1 fully saturated rings. The summed E-state index contributed by atoms with van der Waals surface area (Å²) >= 11 is 0. The Hall–Kier alpha value is -0.970. The van der Waals surface area contributed by atoms with E-state index in [1.54, 1.807) is 6.07 Å². The fraction of sp³-hybridized carbons (Fsp3) is 0.571. The van der Waals surface area contributed by atoms with E-state index < -0.39 is 0 Å². The van der Waals surface area contributed by atoms with Crippen molar-refractivity contribution < 1.29 is 9.13 Å². The summed E-state index contributed by atoms with van der Waals surface area (Å²) in [7, 11) is 0. The van der Waals surface area contributed by atoms with Crippen molar-refractivity contribution in [2.75, 3.05) is 0 Å². The third-order valence-corrected chi connectivity index (χ3v) is 3.61. The molecule has 1 aromatic rings. The standard InChI is InChI=1S/C14H21FN2O/c1-8-6-9(2)13(11(15)7-8)14(17-16)12-5-4-10(3)18-12/h6-7,10,12,14,17H,4-5,16H2,1-3H3. The van der Waals surface area contributed by atoms with Crippen molar-refractivity contribution in [2.24, 2.45) is 5.84 Å². The molecule has 3 nitrogen and oxygen atoms in total. The minimum atomic E-state index is -0.282. The summed E-state index contributed by atoms with van der Waals surface area (Å²) in [4.78, 5) is 0. The number of benzene rings is 1. The Balaban J connectivity index is 2.33. The molecule has 3 unspecified atom stereocenters. The summed E-state index contributed by atoms with van der Waals surface area (Å²) in [6, 6.07) is 3.24. The molecular formula is C14H21FN2O. The highest BCUT2D eigenvalue weighted by atomic mass is 19.1. The zero-order valence-electron chi connectivity index (χ0n) is 11.2. The molecule has 4 heteroatoms. The van der Waals surface area contributed by atoms with Crippen LogP contribution in [0.15, 0.2) is 12.1 Å². The largest absolute Gasteiger partial charge is 0.373 e. The molecule has 2 rings (SSSR count). The van der Waals surface area contributed by atoms with Gasteiger partial charge in [-0.3, -0.25) is 11.3 Å². The van der Waals surface area contributed by atoms with Gasteiger partial charge in [0.25, 0.3) is 0 Å². The van der Waals surface area contributed by atoms with Crippen LogP contribution in [-0.4, -0.2) is 12.2 Å². The lowest BCUT2D eigenvalue weighted by Gasteiger charge is -2.25. The number of hydrazine groups is 1. The van der Waals surface area contributed by atoms with E-state index in [-0.39, 0.29) is 24.1 Å². The van der Waals surface area contributed by atoms with Gasteiger partial charge in [0, 0.05) is 5.56 Å². The Morgan fingerprint density at radius 2 is 2.11 bits per heavy atom. The van der Waals surface area contributed by atoms with Crippen molar-refractivity contribution >= 4 is 0 Å². The van der Waals surface area contributed by atoms with Crippen LogP contribution >= 0.6 is 0 Å². The molecule has 1 heterocycles. The zero-order valence-corrected chi connectivity index (χ0v) is 11.2. The van der Waals surface area contributed by atoms with Gasteiger partial charge in [-0.05, 0) is 50.8 Å². The van der Waals surface area contributed by atoms with Crippen LogP contribution in [0.1, 0.15) is 42.5 Å². The van der Waals surface area contributed by atoms with Crippen molar-refractivity contribution in [3.05, 3.63) is 34.6 Å². The van der Waals surface area contributed by atoms with E-state index in [0.717, 1.165) is 24.0 Å². The highest BCUT2D eigenvalue weighted by Gasteiger charge is 2.32. The van der Waals surface area contributed by atoms with E-state index in [1.165, 1.54) is 0 Å². The first-order valence-corrected chi connectivity index (χ1v) is 6.41. The minimum Gasteiger partial charge on any atom is -0.373 e. The monoisotopic (exact) mass is 252 g/mol. The molecule has 0 spiro atoms. The minimum absolute atomic E-state index is 0.0547. The van der Waals surface area contributed by atoms with Crippen LogP contribution in [0.25, 0.3) is 0 Å². The van der Waals surface area contributed by atoms with Gasteiger partial charge in [-0.2, -0.15) is 0 Å². The predicted molar refractivity (Wildman–Crippen MR) is 69.5 cm³/mol. The molecule has 1 aliphatic rings. The first-order chi connectivity index (χ1) is 8.52. The molecule has 3 N–H and O–H groups in total. The predicted octanol–water partition coefficient (Wildman–Crippen LogP) is 2.51. The van der Waals surface area contributed by atoms with E-state index in [9.17, 15) is 4.39 Å². The molecule has 0 aromatic heterocycles. The fourth-order valence-corrected chi connectivity index (χ4v) is 2.78. The second-order valence-electron chi connectivity index (χ2n) is 5.18. The van der Waals surface area contributed by atoms with Gasteiger partial charge in [-0.1, -0.05) is 6.07 Å². The number of nitrogens with two attached hydrogens (primary N) is 1. The zero-order chi connectivity index (χ0) is 13.3. The van der Waals surface area contributed by atoms with Crippen molar-refractivity contribution in [1.82, 2.24) is 5.43 Å². The first-order valence-electron chi connectivity index (χ1n) is 6.41. The van der Waals surface area contributed by atoms with Gasteiger partial charge in [-0.15, -0.1) is 0 Å². The van der Waals surface area contributed by atoms with Crippen molar-refractivity contribution in [2.45, 2.75) is 51.9 Å². The van der Waals surface area contributed by atoms with Gasteiger partial charge in [0.05, 0.1) is 18.2 Å². The van der Waals surface area contributed by atoms with Crippen LogP contribution in [0.2, 0.25) is 0 Å². The Labute approximate surface area is 107 Å². The summed E-state index contributed by atoms with van der Waals surface area (Å²) in [6.07, 6.45) is 2.07. The quantitative estimate of drug-likeness (QED) is 0.642. The molecule has 18 heavy (non-hydrogen) atoms. The molecule has 0 bridgehead atoms. The van der Waals surface area contributed by atoms with Gasteiger partial charge in [-0.25, -0.2) is 4.39 Å². The number of hydrogen-bond donors (Lipinski definition) is 2. The van der Waals surface area contributed by atoms with Gasteiger partial charge in [0.2, 0.25) is 0 Å². The third-order valence-electron chi connectivity index (χ3n) is 3.61. The number of nitrogens with one attached hydrogen (secondary N) is 1. The molecule has 0 radical (unpaired) electrons. The summed E-state index contributed by atoms with van der Waals surface area (Å²) in [5, 5.41) is 0. The van der Waals surface area contributed by atoms with E-state index in [0.29, 0.717) is 5.56 Å². The van der Waals surface area contributed by atoms with E-state index in [2.05, 4.69) is 5.43 Å². The Bertz CT molecular complexity index is 413. The molecule has 0 aliphatic carbocycles. The van der Waals surface area contributed by atoms with Crippen molar-refractivity contribution in [3.63, 3.8) is 0 Å². The smallest absolute Gasteiger partial charge is 0.128 e. The normalized spacial score (nSPS) is 25.4. The maximum Gasteiger partial charge on any atom is 0.128 e. The van der Waals surface area contributed by atoms with Crippen LogP contribution in [0, 0.1) is 19.7 Å². The van der Waals surface area contributed by atoms with Gasteiger partial charge in [0.1, 0.15) is 5.82 Å². The maximum atomic E-state index is 14.1. The lowest BCUT2D eigenvalue weighted by atomic mass is 9.94. The molecule has 1 saturated heterocycles. The molecule has 0 amide bonds. The molecular weight excluding hydrogens is 231 g/mol. The number of aryl methyl sites for hydroxylation is 2. The van der Waals surface area contributed by atoms with Gasteiger partial charge in [0.15, 0.2) is 0 Å². The second-order valence-corrected chi connectivity index (χ2v) is 5.18. The lowest BCUT2D eigenvalue weighted by molar-refractivity contribution is 0.0306. The average molecular weight is 252 g/mol. The molecule has 0 saturated carbocycles. The lowest BCUT2D eigenvalue weighted by Crippen LogP contribution is -2.37. The second kappa shape index (κ2) is 5.34. The van der Waals surface area contributed by atoms with Crippen LogP contribution in [-0.2, 0) is 4.74 Å². The highest BCUT2D eigenvalue weighted by molar-refractivity contribution is 5.35. The number of rotatable bonds is 3. The topological polar surface area (TPSA) is 47.3 Å². The highest BCUT2D eigenvalue weighted by Crippen LogP contribution is 2.32. The number of hydrogen-bond acceptors (Lipinski definition) is 3. The average Bonchev–Trinajstić information content (AvgIpc) is 2.69. The SMILES string of the molecule is Cc1cc(C)c(C(NN)C2CCC(C)O2)c(F)c1. The Morgan fingerprint density at radius 3 is 2.61 bits per heavy atom. The van der Waals surface area contributed by atoms with Crippen LogP contribution < -0.4 is 11.3 Å². The Kier molecular flexibility index (Phi) is 4.00. The van der Waals surface area contributed by atoms with Crippen molar-refractivity contribution in [3.8, 4) is 0 Å². The van der Waals surface area contributed by atoms with E-state index >= 15 is 0 Å². The fourth-order valence-electron chi connectivity index (χ4n) is 2.78. The number of halogens is 1. The van der Waals surface area contributed by atoms with Gasteiger partial charge < -0.3 is 4.74 Å². The maximum absolute atomic E-state index is 14.1. The summed E-state index contributed by atoms with van der Waals surface area (Å²) in [6.45, 7) is 5.83. The molecule has 3 atom stereocenters. The van der Waals surface area contributed by atoms with Crippen LogP contribution in [0.5, 0.6) is 0 Å². The van der Waals surface area contributed by atoms with E-state index in [4.69, 9.17) is 10.6 Å². The molecule has 100 valence electrons. The number of ether oxygens (including phenoxy) is 1. The van der Waals surface area contributed by atoms with Gasteiger partial charge >= 0.3 is 0 Å². The summed E-state index contributed by atoms with van der Waals surface area (Å²) in [5.74, 6) is 5.40.